The number of methoxy groups -OCH3 is 1. The molecule has 7 nitrogen and oxygen atoms in total. The SMILES string of the molecule is COc1cc(CNCCCSc2nnnn2C)cc(Cl)c1OCc1ccc(F)cc1.Cl. The topological polar surface area (TPSA) is 74.1 Å². The second kappa shape index (κ2) is 12.7. The van der Waals surface area contributed by atoms with Gasteiger partial charge < -0.3 is 14.8 Å². The Kier molecular flexibility index (Phi) is 10.3. The summed E-state index contributed by atoms with van der Waals surface area (Å²) < 4.78 is 26.0. The van der Waals surface area contributed by atoms with Crippen molar-refractivity contribution in [1.29, 1.82) is 0 Å². The number of aryl methyl sites for hydroxylation is 1. The molecule has 2 aromatic carbocycles. The van der Waals surface area contributed by atoms with E-state index in [1.54, 1.807) is 35.7 Å². The largest absolute Gasteiger partial charge is 0.493 e. The van der Waals surface area contributed by atoms with E-state index in [1.807, 2.05) is 19.2 Å². The van der Waals surface area contributed by atoms with Crippen LogP contribution in [0.4, 0.5) is 4.39 Å². The van der Waals surface area contributed by atoms with Crippen LogP contribution in [0, 0.1) is 5.82 Å². The quantitative estimate of drug-likeness (QED) is 0.319. The van der Waals surface area contributed by atoms with Crippen LogP contribution in [-0.2, 0) is 20.2 Å². The molecule has 0 amide bonds. The lowest BCUT2D eigenvalue weighted by molar-refractivity contribution is 0.284. The summed E-state index contributed by atoms with van der Waals surface area (Å²) in [5, 5.41) is 16.0. The van der Waals surface area contributed by atoms with Crippen molar-refractivity contribution in [2.75, 3.05) is 19.4 Å². The van der Waals surface area contributed by atoms with Crippen LogP contribution in [0.15, 0.2) is 41.6 Å². The number of halogens is 3. The van der Waals surface area contributed by atoms with E-state index in [0.717, 1.165) is 35.0 Å². The van der Waals surface area contributed by atoms with Crippen molar-refractivity contribution in [2.45, 2.75) is 24.7 Å². The minimum Gasteiger partial charge on any atom is -0.493 e. The predicted molar refractivity (Wildman–Crippen MR) is 122 cm³/mol. The van der Waals surface area contributed by atoms with Gasteiger partial charge in [0.15, 0.2) is 11.5 Å². The third-order valence-corrected chi connectivity index (χ3v) is 5.60. The summed E-state index contributed by atoms with van der Waals surface area (Å²) in [6.07, 6.45) is 0.973. The first kappa shape index (κ1) is 25.2. The number of tetrazole rings is 1. The second-order valence-electron chi connectivity index (χ2n) is 6.49. The van der Waals surface area contributed by atoms with E-state index in [1.165, 1.54) is 12.1 Å². The van der Waals surface area contributed by atoms with Gasteiger partial charge in [-0.05, 0) is 58.8 Å². The Morgan fingerprint density at radius 2 is 1.97 bits per heavy atom. The molecule has 0 aliphatic heterocycles. The molecule has 0 spiro atoms. The van der Waals surface area contributed by atoms with Crippen LogP contribution in [0.2, 0.25) is 5.02 Å². The fraction of sp³-hybridized carbons (Fsp3) is 0.350. The average molecular weight is 488 g/mol. The van der Waals surface area contributed by atoms with E-state index in [2.05, 4.69) is 20.8 Å². The molecule has 1 heterocycles. The van der Waals surface area contributed by atoms with E-state index in [9.17, 15) is 4.39 Å². The summed E-state index contributed by atoms with van der Waals surface area (Å²) in [4.78, 5) is 0. The molecule has 0 unspecified atom stereocenters. The fourth-order valence-electron chi connectivity index (χ4n) is 2.69. The molecule has 1 aromatic heterocycles. The number of nitrogens with one attached hydrogen (secondary N) is 1. The monoisotopic (exact) mass is 487 g/mol. The van der Waals surface area contributed by atoms with E-state index in [0.29, 0.717) is 23.1 Å². The van der Waals surface area contributed by atoms with Crippen LogP contribution in [-0.4, -0.2) is 39.6 Å². The molecule has 1 N–H and O–H groups in total. The molecule has 168 valence electrons. The minimum atomic E-state index is -0.282. The molecule has 0 aliphatic rings. The summed E-state index contributed by atoms with van der Waals surface area (Å²) in [5.41, 5.74) is 1.84. The van der Waals surface area contributed by atoms with Gasteiger partial charge in [-0.25, -0.2) is 9.07 Å². The molecular formula is C20H24Cl2FN5O2S. The van der Waals surface area contributed by atoms with Gasteiger partial charge in [0.05, 0.1) is 12.1 Å². The molecule has 0 fully saturated rings. The maximum absolute atomic E-state index is 13.0. The van der Waals surface area contributed by atoms with Crippen molar-refractivity contribution in [3.8, 4) is 11.5 Å². The first-order valence-corrected chi connectivity index (χ1v) is 10.7. The van der Waals surface area contributed by atoms with E-state index < -0.39 is 0 Å². The van der Waals surface area contributed by atoms with E-state index in [-0.39, 0.29) is 24.8 Å². The molecule has 0 radical (unpaired) electrons. The van der Waals surface area contributed by atoms with Crippen LogP contribution in [0.3, 0.4) is 0 Å². The first-order chi connectivity index (χ1) is 14.6. The summed E-state index contributed by atoms with van der Waals surface area (Å²) in [5.74, 6) is 1.67. The Morgan fingerprint density at radius 1 is 1.19 bits per heavy atom. The first-order valence-electron chi connectivity index (χ1n) is 9.36. The van der Waals surface area contributed by atoms with Gasteiger partial charge >= 0.3 is 0 Å². The van der Waals surface area contributed by atoms with Gasteiger partial charge in [-0.1, -0.05) is 35.5 Å². The van der Waals surface area contributed by atoms with Gasteiger partial charge in [-0.3, -0.25) is 0 Å². The fourth-order valence-corrected chi connectivity index (χ4v) is 3.77. The van der Waals surface area contributed by atoms with Crippen LogP contribution >= 0.6 is 35.8 Å². The molecule has 3 aromatic rings. The van der Waals surface area contributed by atoms with Crippen LogP contribution in [0.5, 0.6) is 11.5 Å². The molecule has 0 aliphatic carbocycles. The van der Waals surface area contributed by atoms with Crippen molar-refractivity contribution in [3.63, 3.8) is 0 Å². The summed E-state index contributed by atoms with van der Waals surface area (Å²) in [7, 11) is 3.40. The lowest BCUT2D eigenvalue weighted by atomic mass is 10.2. The number of benzene rings is 2. The molecule has 3 rings (SSSR count). The highest BCUT2D eigenvalue weighted by Crippen LogP contribution is 2.37. The average Bonchev–Trinajstić information content (AvgIpc) is 3.15. The zero-order valence-corrected chi connectivity index (χ0v) is 19.6. The molecule has 0 bridgehead atoms. The number of aromatic nitrogens is 4. The van der Waals surface area contributed by atoms with Gasteiger partial charge in [0.25, 0.3) is 0 Å². The zero-order valence-electron chi connectivity index (χ0n) is 17.2. The highest BCUT2D eigenvalue weighted by atomic mass is 35.5. The lowest BCUT2D eigenvalue weighted by Gasteiger charge is -2.15. The summed E-state index contributed by atoms with van der Waals surface area (Å²) >= 11 is 8.05. The van der Waals surface area contributed by atoms with Crippen molar-refractivity contribution < 1.29 is 13.9 Å². The van der Waals surface area contributed by atoms with E-state index >= 15 is 0 Å². The predicted octanol–water partition coefficient (Wildman–Crippen LogP) is 4.28. The Morgan fingerprint density at radius 3 is 2.65 bits per heavy atom. The second-order valence-corrected chi connectivity index (χ2v) is 7.96. The molecule has 0 atom stereocenters. The molecular weight excluding hydrogens is 464 g/mol. The van der Waals surface area contributed by atoms with Gasteiger partial charge in [0.2, 0.25) is 5.16 Å². The number of hydrogen-bond donors (Lipinski definition) is 1. The van der Waals surface area contributed by atoms with Crippen molar-refractivity contribution in [3.05, 3.63) is 58.4 Å². The molecule has 0 saturated heterocycles. The van der Waals surface area contributed by atoms with Gasteiger partial charge in [0.1, 0.15) is 12.4 Å². The Bertz CT molecular complexity index is 959. The summed E-state index contributed by atoms with van der Waals surface area (Å²) in [6.45, 7) is 1.78. The highest BCUT2D eigenvalue weighted by molar-refractivity contribution is 7.99. The Labute approximate surface area is 196 Å². The van der Waals surface area contributed by atoms with Gasteiger partial charge in [-0.2, -0.15) is 0 Å². The van der Waals surface area contributed by atoms with Crippen molar-refractivity contribution in [1.82, 2.24) is 25.5 Å². The number of ether oxygens (including phenoxy) is 2. The smallest absolute Gasteiger partial charge is 0.209 e. The Hall–Kier alpha value is -2.07. The summed E-state index contributed by atoms with van der Waals surface area (Å²) in [6, 6.07) is 9.90. The maximum Gasteiger partial charge on any atom is 0.209 e. The van der Waals surface area contributed by atoms with Crippen LogP contribution in [0.25, 0.3) is 0 Å². The molecule has 31 heavy (non-hydrogen) atoms. The van der Waals surface area contributed by atoms with Gasteiger partial charge in [-0.15, -0.1) is 17.5 Å². The third-order valence-electron chi connectivity index (χ3n) is 4.23. The van der Waals surface area contributed by atoms with Crippen LogP contribution < -0.4 is 14.8 Å². The third kappa shape index (κ3) is 7.53. The normalized spacial score (nSPS) is 10.6. The number of thioether (sulfide) groups is 1. The van der Waals surface area contributed by atoms with E-state index in [4.69, 9.17) is 21.1 Å². The number of rotatable bonds is 11. The zero-order chi connectivity index (χ0) is 21.3. The standard InChI is InChI=1S/C20H23ClFN5O2S.ClH/c1-27-20(24-25-26-27)30-9-3-8-23-12-15-10-17(21)19(18(11-15)28-2)29-13-14-4-6-16(22)7-5-14;/h4-7,10-11,23H,3,8-9,12-13H2,1-2H3;1H. The molecule has 11 heteroatoms. The Balaban J connectivity index is 0.00000341. The maximum atomic E-state index is 13.0. The number of hydrogen-bond acceptors (Lipinski definition) is 7. The van der Waals surface area contributed by atoms with Crippen molar-refractivity contribution >= 4 is 35.8 Å². The highest BCUT2D eigenvalue weighted by Gasteiger charge is 2.12. The van der Waals surface area contributed by atoms with Crippen LogP contribution in [0.1, 0.15) is 17.5 Å². The van der Waals surface area contributed by atoms with Crippen molar-refractivity contribution in [2.24, 2.45) is 7.05 Å². The minimum absolute atomic E-state index is 0. The number of nitrogens with zero attached hydrogens (tertiary/aromatic N) is 4. The lowest BCUT2D eigenvalue weighted by Crippen LogP contribution is -2.15. The van der Waals surface area contributed by atoms with Gasteiger partial charge in [0, 0.05) is 19.3 Å². The molecule has 0 saturated carbocycles.